The lowest BCUT2D eigenvalue weighted by Crippen LogP contribution is -2.29. The number of alkyl halides is 1. The molecule has 0 bridgehead atoms. The Hall–Kier alpha value is -1.04. The van der Waals surface area contributed by atoms with Gasteiger partial charge in [-0.15, -0.1) is 0 Å². The van der Waals surface area contributed by atoms with Crippen molar-refractivity contribution in [3.63, 3.8) is 0 Å². The summed E-state index contributed by atoms with van der Waals surface area (Å²) in [7, 11) is 0. The number of aliphatic hydroxyl groups excluding tert-OH is 1. The van der Waals surface area contributed by atoms with Gasteiger partial charge >= 0.3 is 5.97 Å². The van der Waals surface area contributed by atoms with Gasteiger partial charge in [-0.3, -0.25) is 0 Å². The van der Waals surface area contributed by atoms with Gasteiger partial charge in [0.05, 0.1) is 0 Å². The molecule has 0 aromatic heterocycles. The van der Waals surface area contributed by atoms with E-state index in [9.17, 15) is 14.1 Å². The summed E-state index contributed by atoms with van der Waals surface area (Å²) in [5.41, 5.74) is 0. The van der Waals surface area contributed by atoms with E-state index in [0.29, 0.717) is 0 Å². The molecule has 11 heavy (non-hydrogen) atoms. The zero-order chi connectivity index (χ0) is 8.43. The molecule has 0 aliphatic carbocycles. The number of nitrogens with zero attached hydrogens (tertiary/aromatic N) is 1. The van der Waals surface area contributed by atoms with Crippen molar-refractivity contribution in [3.8, 4) is 0 Å². The van der Waals surface area contributed by atoms with Crippen molar-refractivity contribution < 1.29 is 19.0 Å². The van der Waals surface area contributed by atoms with Gasteiger partial charge in [0.1, 0.15) is 12.6 Å². The predicted molar refractivity (Wildman–Crippen MR) is 31.4 cm³/mol. The Bertz CT molecular complexity index is 185. The molecule has 0 saturated carbocycles. The van der Waals surface area contributed by atoms with E-state index in [1.165, 1.54) is 0 Å². The Labute approximate surface area is 61.1 Å². The number of carbonyl (C=O) groups excluding carboxylic acids is 1. The van der Waals surface area contributed by atoms with Gasteiger partial charge in [-0.05, 0) is 0 Å². The quantitative estimate of drug-likeness (QED) is 0.434. The van der Waals surface area contributed by atoms with Gasteiger partial charge in [0, 0.05) is 0 Å². The standard InChI is InChI=1S/C5H6FNO4/c6-3-4(8)2(1-7-10)11-5(3)9/h2-4,8H,1H2. The van der Waals surface area contributed by atoms with Crippen LogP contribution in [0.15, 0.2) is 5.18 Å². The van der Waals surface area contributed by atoms with Crippen LogP contribution in [0.2, 0.25) is 0 Å². The van der Waals surface area contributed by atoms with Crippen LogP contribution < -0.4 is 0 Å². The number of hydrogen-bond acceptors (Lipinski definition) is 5. The number of ether oxygens (including phenoxy) is 1. The van der Waals surface area contributed by atoms with Crippen LogP contribution in [-0.2, 0) is 9.53 Å². The summed E-state index contributed by atoms with van der Waals surface area (Å²) in [6.07, 6.45) is -4.71. The Morgan fingerprint density at radius 3 is 2.73 bits per heavy atom. The first kappa shape index (κ1) is 8.06. The first-order valence-electron chi connectivity index (χ1n) is 2.98. The second-order valence-corrected chi connectivity index (χ2v) is 2.18. The summed E-state index contributed by atoms with van der Waals surface area (Å²) in [5, 5.41) is 11.2. The van der Waals surface area contributed by atoms with E-state index >= 15 is 0 Å². The van der Waals surface area contributed by atoms with Gasteiger partial charge < -0.3 is 9.84 Å². The number of hydrogen-bond donors (Lipinski definition) is 1. The Kier molecular flexibility index (Phi) is 2.13. The number of halogens is 1. The van der Waals surface area contributed by atoms with Crippen LogP contribution in [0.25, 0.3) is 0 Å². The van der Waals surface area contributed by atoms with Gasteiger partial charge in [0.15, 0.2) is 6.10 Å². The molecule has 1 rings (SSSR count). The molecule has 0 spiro atoms. The Balaban J connectivity index is 2.59. The van der Waals surface area contributed by atoms with Crippen LogP contribution in [0.3, 0.4) is 0 Å². The third-order valence-electron chi connectivity index (χ3n) is 1.43. The first-order chi connectivity index (χ1) is 5.16. The molecule has 3 atom stereocenters. The molecule has 0 aromatic rings. The SMILES string of the molecule is O=NCC1OC(=O)C(F)C1O. The molecule has 1 aliphatic rings. The number of carbonyl (C=O) groups is 1. The fraction of sp³-hybridized carbons (Fsp3) is 0.800. The lowest BCUT2D eigenvalue weighted by atomic mass is 10.2. The summed E-state index contributed by atoms with van der Waals surface area (Å²) in [5.74, 6) is -1.13. The maximum atomic E-state index is 12.4. The van der Waals surface area contributed by atoms with E-state index in [2.05, 4.69) is 9.91 Å². The highest BCUT2D eigenvalue weighted by Gasteiger charge is 2.44. The van der Waals surface area contributed by atoms with E-state index in [4.69, 9.17) is 5.11 Å². The maximum Gasteiger partial charge on any atom is 0.344 e. The average Bonchev–Trinajstić information content (AvgIpc) is 2.19. The lowest BCUT2D eigenvalue weighted by Gasteiger charge is -2.06. The molecule has 0 amide bonds. The summed E-state index contributed by atoms with van der Waals surface area (Å²) in [6, 6.07) is 0. The van der Waals surface area contributed by atoms with Gasteiger partial charge in [0.2, 0.25) is 6.17 Å². The molecule has 1 N–H and O–H groups in total. The second kappa shape index (κ2) is 2.91. The summed E-state index contributed by atoms with van der Waals surface area (Å²) in [4.78, 5) is 20.0. The Morgan fingerprint density at radius 1 is 1.73 bits per heavy atom. The van der Waals surface area contributed by atoms with E-state index in [1.807, 2.05) is 0 Å². The van der Waals surface area contributed by atoms with Gasteiger partial charge in [-0.2, -0.15) is 4.91 Å². The minimum Gasteiger partial charge on any atom is -0.455 e. The summed E-state index contributed by atoms with van der Waals surface area (Å²) in [6.45, 7) is -0.409. The summed E-state index contributed by atoms with van der Waals surface area (Å²) < 4.78 is 16.7. The molecule has 0 aromatic carbocycles. The predicted octanol–water partition coefficient (Wildman–Crippen LogP) is -0.623. The molecule has 1 saturated heterocycles. The molecule has 1 heterocycles. The van der Waals surface area contributed by atoms with E-state index in [0.717, 1.165) is 0 Å². The number of rotatable bonds is 2. The van der Waals surface area contributed by atoms with Crippen LogP contribution in [-0.4, -0.2) is 36.0 Å². The highest BCUT2D eigenvalue weighted by atomic mass is 19.1. The fourth-order valence-corrected chi connectivity index (χ4v) is 0.831. The molecule has 5 nitrogen and oxygen atoms in total. The van der Waals surface area contributed by atoms with E-state index in [-0.39, 0.29) is 0 Å². The van der Waals surface area contributed by atoms with Crippen molar-refractivity contribution >= 4 is 5.97 Å². The van der Waals surface area contributed by atoms with E-state index < -0.39 is 30.9 Å². The number of nitroso groups, excluding NO2 is 1. The normalized spacial score (nSPS) is 36.9. The lowest BCUT2D eigenvalue weighted by molar-refractivity contribution is -0.144. The highest BCUT2D eigenvalue weighted by molar-refractivity contribution is 5.77. The highest BCUT2D eigenvalue weighted by Crippen LogP contribution is 2.18. The smallest absolute Gasteiger partial charge is 0.344 e. The minimum absolute atomic E-state index is 0.409. The minimum atomic E-state index is -2.04. The van der Waals surface area contributed by atoms with Gasteiger partial charge in [0.25, 0.3) is 0 Å². The molecule has 1 fully saturated rings. The average molecular weight is 163 g/mol. The molecular weight excluding hydrogens is 157 g/mol. The van der Waals surface area contributed by atoms with Crippen molar-refractivity contribution in [2.24, 2.45) is 5.18 Å². The zero-order valence-electron chi connectivity index (χ0n) is 5.44. The van der Waals surface area contributed by atoms with Crippen molar-refractivity contribution in [2.75, 3.05) is 6.54 Å². The third-order valence-corrected chi connectivity index (χ3v) is 1.43. The molecular formula is C5H6FNO4. The van der Waals surface area contributed by atoms with Crippen LogP contribution in [0.1, 0.15) is 0 Å². The van der Waals surface area contributed by atoms with Crippen LogP contribution in [0.5, 0.6) is 0 Å². The summed E-state index contributed by atoms with van der Waals surface area (Å²) >= 11 is 0. The molecule has 1 aliphatic heterocycles. The monoisotopic (exact) mass is 163 g/mol. The first-order valence-corrected chi connectivity index (χ1v) is 2.98. The van der Waals surface area contributed by atoms with Crippen LogP contribution >= 0.6 is 0 Å². The van der Waals surface area contributed by atoms with Crippen LogP contribution in [0.4, 0.5) is 4.39 Å². The molecule has 6 heteroatoms. The third kappa shape index (κ3) is 1.35. The number of esters is 1. The van der Waals surface area contributed by atoms with Crippen molar-refractivity contribution in [1.29, 1.82) is 0 Å². The number of cyclic esters (lactones) is 1. The van der Waals surface area contributed by atoms with Crippen LogP contribution in [0, 0.1) is 4.91 Å². The second-order valence-electron chi connectivity index (χ2n) is 2.18. The van der Waals surface area contributed by atoms with Crippen molar-refractivity contribution in [3.05, 3.63) is 4.91 Å². The van der Waals surface area contributed by atoms with Crippen molar-refractivity contribution in [1.82, 2.24) is 0 Å². The van der Waals surface area contributed by atoms with Gasteiger partial charge in [-0.1, -0.05) is 5.18 Å². The topological polar surface area (TPSA) is 76.0 Å². The fourth-order valence-electron chi connectivity index (χ4n) is 0.831. The molecule has 0 radical (unpaired) electrons. The van der Waals surface area contributed by atoms with Gasteiger partial charge in [-0.25, -0.2) is 9.18 Å². The molecule has 3 unspecified atom stereocenters. The largest absolute Gasteiger partial charge is 0.455 e. The number of aliphatic hydroxyl groups is 1. The van der Waals surface area contributed by atoms with E-state index in [1.54, 1.807) is 0 Å². The Morgan fingerprint density at radius 2 is 2.36 bits per heavy atom. The molecule has 62 valence electrons. The maximum absolute atomic E-state index is 12.4. The van der Waals surface area contributed by atoms with Crippen molar-refractivity contribution in [2.45, 2.75) is 18.4 Å². The zero-order valence-corrected chi connectivity index (χ0v) is 5.44.